The van der Waals surface area contributed by atoms with Gasteiger partial charge in [-0.2, -0.15) is 0 Å². The fraction of sp³-hybridized carbons (Fsp3) is 0.630. The molecule has 2 aliphatic rings. The van der Waals surface area contributed by atoms with Crippen molar-refractivity contribution in [1.82, 2.24) is 15.2 Å². The molecule has 0 saturated heterocycles. The number of H-pyrrole nitrogens is 1. The van der Waals surface area contributed by atoms with Crippen molar-refractivity contribution in [1.29, 1.82) is 0 Å². The van der Waals surface area contributed by atoms with Gasteiger partial charge in [0, 0.05) is 35.6 Å². The number of benzene rings is 1. The van der Waals surface area contributed by atoms with Crippen molar-refractivity contribution < 1.29 is 14.3 Å². The van der Waals surface area contributed by atoms with Crippen molar-refractivity contribution in [3.63, 3.8) is 0 Å². The van der Waals surface area contributed by atoms with E-state index >= 15 is 0 Å². The molecule has 2 amide bonds. The van der Waals surface area contributed by atoms with E-state index in [4.69, 9.17) is 4.74 Å². The van der Waals surface area contributed by atoms with Crippen LogP contribution in [-0.4, -0.2) is 40.6 Å². The molecule has 1 aliphatic carbocycles. The largest absolute Gasteiger partial charge is 0.444 e. The molecule has 0 spiro atoms. The first-order chi connectivity index (χ1) is 15.7. The average Bonchev–Trinajstić information content (AvgIpc) is 3.15. The molecule has 1 aromatic heterocycles. The number of rotatable bonds is 4. The molecule has 4 rings (SSSR count). The minimum Gasteiger partial charge on any atom is -0.444 e. The maximum absolute atomic E-state index is 13.6. The van der Waals surface area contributed by atoms with Gasteiger partial charge in [-0.3, -0.25) is 4.79 Å². The van der Waals surface area contributed by atoms with E-state index in [1.807, 2.05) is 20.8 Å². The van der Waals surface area contributed by atoms with Crippen molar-refractivity contribution >= 4 is 22.9 Å². The lowest BCUT2D eigenvalue weighted by Crippen LogP contribution is -2.44. The Labute approximate surface area is 197 Å². The topological polar surface area (TPSA) is 74.4 Å². The third-order valence-corrected chi connectivity index (χ3v) is 7.28. The van der Waals surface area contributed by atoms with Gasteiger partial charge in [0.05, 0.1) is 6.04 Å². The fourth-order valence-electron chi connectivity index (χ4n) is 5.69. The number of aromatic nitrogens is 1. The van der Waals surface area contributed by atoms with Gasteiger partial charge in [0.1, 0.15) is 5.60 Å². The molecule has 1 aliphatic heterocycles. The van der Waals surface area contributed by atoms with Gasteiger partial charge in [-0.15, -0.1) is 0 Å². The van der Waals surface area contributed by atoms with Crippen molar-refractivity contribution in [3.05, 3.63) is 35.0 Å². The van der Waals surface area contributed by atoms with Gasteiger partial charge in [-0.25, -0.2) is 4.79 Å². The second kappa shape index (κ2) is 9.40. The number of ether oxygens (including phenoxy) is 1. The highest BCUT2D eigenvalue weighted by Crippen LogP contribution is 2.39. The van der Waals surface area contributed by atoms with E-state index in [0.717, 1.165) is 45.1 Å². The number of aromatic amines is 1. The lowest BCUT2D eigenvalue weighted by atomic mass is 9.80. The van der Waals surface area contributed by atoms with Crippen LogP contribution < -0.4 is 5.32 Å². The average molecular weight is 454 g/mol. The van der Waals surface area contributed by atoms with Gasteiger partial charge in [-0.05, 0) is 89.3 Å². The van der Waals surface area contributed by atoms with Crippen LogP contribution in [0.15, 0.2) is 18.2 Å². The number of alkyl carbamates (subject to hydrolysis) is 1. The number of nitrogens with zero attached hydrogens (tertiary/aromatic N) is 1. The van der Waals surface area contributed by atoms with Crippen LogP contribution in [0.5, 0.6) is 0 Å². The maximum Gasteiger partial charge on any atom is 0.407 e. The maximum atomic E-state index is 13.6. The van der Waals surface area contributed by atoms with Gasteiger partial charge in [0.2, 0.25) is 5.91 Å². The number of aryl methyl sites for hydroxylation is 1. The first-order valence-electron chi connectivity index (χ1n) is 12.5. The first-order valence-corrected chi connectivity index (χ1v) is 12.5. The van der Waals surface area contributed by atoms with Crippen molar-refractivity contribution in [3.8, 4) is 0 Å². The molecule has 6 nitrogen and oxygen atoms in total. The van der Waals surface area contributed by atoms with E-state index in [9.17, 15) is 9.59 Å². The molecule has 2 N–H and O–H groups in total. The number of carbonyl (C=O) groups excluding carboxylic acids is 2. The summed E-state index contributed by atoms with van der Waals surface area (Å²) in [5.41, 5.74) is 4.64. The molecular formula is C27H39N3O3. The summed E-state index contributed by atoms with van der Waals surface area (Å²) < 4.78 is 5.34. The summed E-state index contributed by atoms with van der Waals surface area (Å²) in [6.45, 7) is 11.4. The van der Waals surface area contributed by atoms with Gasteiger partial charge < -0.3 is 19.9 Å². The number of hydrogen-bond donors (Lipinski definition) is 2. The molecule has 33 heavy (non-hydrogen) atoms. The second-order valence-corrected chi connectivity index (χ2v) is 10.8. The van der Waals surface area contributed by atoms with E-state index in [2.05, 4.69) is 47.2 Å². The van der Waals surface area contributed by atoms with Crippen LogP contribution in [0.4, 0.5) is 4.79 Å². The molecule has 180 valence electrons. The summed E-state index contributed by atoms with van der Waals surface area (Å²) in [5, 5.41) is 4.24. The summed E-state index contributed by atoms with van der Waals surface area (Å²) in [4.78, 5) is 31.3. The van der Waals surface area contributed by atoms with E-state index in [1.165, 1.54) is 27.7 Å². The van der Waals surface area contributed by atoms with Gasteiger partial charge in [0.15, 0.2) is 0 Å². The lowest BCUT2D eigenvalue weighted by Gasteiger charge is -2.39. The smallest absolute Gasteiger partial charge is 0.407 e. The minimum absolute atomic E-state index is 0.0875. The minimum atomic E-state index is -0.484. The van der Waals surface area contributed by atoms with Gasteiger partial charge in [-0.1, -0.05) is 19.1 Å². The summed E-state index contributed by atoms with van der Waals surface area (Å²) in [6.07, 6.45) is 5.19. The number of hydrogen-bond acceptors (Lipinski definition) is 3. The Balaban J connectivity index is 1.37. The Morgan fingerprint density at radius 1 is 1.18 bits per heavy atom. The Hall–Kier alpha value is -2.50. The monoisotopic (exact) mass is 453 g/mol. The third-order valence-electron chi connectivity index (χ3n) is 7.28. The van der Waals surface area contributed by atoms with Crippen molar-refractivity contribution in [2.75, 3.05) is 13.1 Å². The third kappa shape index (κ3) is 5.04. The number of amides is 2. The highest BCUT2D eigenvalue weighted by molar-refractivity contribution is 5.89. The summed E-state index contributed by atoms with van der Waals surface area (Å²) >= 11 is 0. The quantitative estimate of drug-likeness (QED) is 0.629. The lowest BCUT2D eigenvalue weighted by molar-refractivity contribution is -0.140. The van der Waals surface area contributed by atoms with E-state index in [-0.39, 0.29) is 18.1 Å². The van der Waals surface area contributed by atoms with Gasteiger partial charge >= 0.3 is 6.09 Å². The molecule has 2 heterocycles. The van der Waals surface area contributed by atoms with E-state index in [1.54, 1.807) is 0 Å². The zero-order valence-corrected chi connectivity index (χ0v) is 20.8. The van der Waals surface area contributed by atoms with Crippen molar-refractivity contribution in [2.45, 2.75) is 84.8 Å². The second-order valence-electron chi connectivity index (χ2n) is 10.8. The van der Waals surface area contributed by atoms with E-state index in [0.29, 0.717) is 18.4 Å². The Morgan fingerprint density at radius 3 is 2.58 bits per heavy atom. The molecule has 1 atom stereocenters. The van der Waals surface area contributed by atoms with Crippen LogP contribution in [0.3, 0.4) is 0 Å². The fourth-order valence-corrected chi connectivity index (χ4v) is 5.69. The molecule has 1 aromatic carbocycles. The van der Waals surface area contributed by atoms with Crippen LogP contribution >= 0.6 is 0 Å². The first kappa shape index (κ1) is 23.7. The predicted molar refractivity (Wildman–Crippen MR) is 131 cm³/mol. The number of fused-ring (bicyclic) bond motifs is 3. The van der Waals surface area contributed by atoms with Crippen LogP contribution in [0.2, 0.25) is 0 Å². The molecule has 1 saturated carbocycles. The molecule has 0 bridgehead atoms. The normalized spacial score (nSPS) is 23.3. The zero-order valence-electron chi connectivity index (χ0n) is 20.8. The van der Waals surface area contributed by atoms with E-state index < -0.39 is 5.60 Å². The highest BCUT2D eigenvalue weighted by Gasteiger charge is 2.37. The highest BCUT2D eigenvalue weighted by atomic mass is 16.6. The molecule has 6 heteroatoms. The molecule has 0 radical (unpaired) electrons. The number of nitrogens with one attached hydrogen (secondary N) is 2. The molecule has 1 fully saturated rings. The van der Waals surface area contributed by atoms with Crippen LogP contribution in [0.1, 0.15) is 82.7 Å². The van der Waals surface area contributed by atoms with Crippen LogP contribution in [0, 0.1) is 18.8 Å². The summed E-state index contributed by atoms with van der Waals surface area (Å²) in [7, 11) is 0. The number of carbonyl (C=O) groups is 2. The SMILES string of the molecule is CCC1c2[nH]c3cccc(C)c3c2CCN1C(=O)C1CCC(CNC(=O)OC(C)(C)C)CC1. The molecule has 2 aromatic rings. The predicted octanol–water partition coefficient (Wildman–Crippen LogP) is 5.64. The Morgan fingerprint density at radius 2 is 1.91 bits per heavy atom. The molecule has 1 unspecified atom stereocenters. The summed E-state index contributed by atoms with van der Waals surface area (Å²) in [5.74, 6) is 0.805. The van der Waals surface area contributed by atoms with Gasteiger partial charge in [0.25, 0.3) is 0 Å². The van der Waals surface area contributed by atoms with Crippen LogP contribution in [0.25, 0.3) is 10.9 Å². The summed E-state index contributed by atoms with van der Waals surface area (Å²) in [6, 6.07) is 6.54. The standard InChI is InChI=1S/C27H39N3O3/c1-6-22-24-20(23-17(2)8-7-9-21(23)29-24)14-15-30(22)25(31)19-12-10-18(11-13-19)16-28-26(32)33-27(3,4)5/h7-9,18-19,22,29H,6,10-16H2,1-5H3,(H,28,32). The Kier molecular flexibility index (Phi) is 6.73. The Bertz CT molecular complexity index is 1010. The van der Waals surface area contributed by atoms with Crippen molar-refractivity contribution in [2.24, 2.45) is 11.8 Å². The molecular weight excluding hydrogens is 414 g/mol. The van der Waals surface area contributed by atoms with Crippen LogP contribution in [-0.2, 0) is 16.0 Å². The zero-order chi connectivity index (χ0) is 23.8.